The lowest BCUT2D eigenvalue weighted by Gasteiger charge is -2.35. The fraction of sp³-hybridized carbons (Fsp3) is 0.350. The molecule has 0 radical (unpaired) electrons. The van der Waals surface area contributed by atoms with Crippen molar-refractivity contribution in [3.05, 3.63) is 59.7 Å². The van der Waals surface area contributed by atoms with E-state index in [0.717, 1.165) is 35.9 Å². The predicted octanol–water partition coefficient (Wildman–Crippen LogP) is 3.13. The van der Waals surface area contributed by atoms with E-state index < -0.39 is 16.1 Å². The number of benzene rings is 2. The van der Waals surface area contributed by atoms with Gasteiger partial charge < -0.3 is 4.90 Å². The highest BCUT2D eigenvalue weighted by Crippen LogP contribution is 2.29. The zero-order valence-electron chi connectivity index (χ0n) is 15.3. The quantitative estimate of drug-likeness (QED) is 0.828. The fourth-order valence-electron chi connectivity index (χ4n) is 3.56. The van der Waals surface area contributed by atoms with Crippen LogP contribution in [0.25, 0.3) is 0 Å². The van der Waals surface area contributed by atoms with Crippen molar-refractivity contribution >= 4 is 27.3 Å². The third-order valence-electron chi connectivity index (χ3n) is 4.70. The van der Waals surface area contributed by atoms with Gasteiger partial charge in [0.15, 0.2) is 0 Å². The Morgan fingerprint density at radius 2 is 1.88 bits per heavy atom. The lowest BCUT2D eigenvalue weighted by atomic mass is 10.0. The minimum Gasteiger partial charge on any atom is -0.310 e. The van der Waals surface area contributed by atoms with Gasteiger partial charge in [-0.2, -0.15) is 0 Å². The van der Waals surface area contributed by atoms with Gasteiger partial charge in [0.25, 0.3) is 5.91 Å². The van der Waals surface area contributed by atoms with Crippen molar-refractivity contribution in [2.75, 3.05) is 22.0 Å². The van der Waals surface area contributed by atoms with E-state index in [2.05, 4.69) is 0 Å². The van der Waals surface area contributed by atoms with Crippen LogP contribution in [0.1, 0.15) is 24.5 Å². The SMILES string of the molecule is Cc1cccc(N([C@H](C)C(=O)N2CCCc3ccccc32)S(C)(=O)=O)c1. The smallest absolute Gasteiger partial charge is 0.250 e. The number of carbonyl (C=O) groups is 1. The molecule has 0 bridgehead atoms. The van der Waals surface area contributed by atoms with Gasteiger partial charge >= 0.3 is 0 Å². The van der Waals surface area contributed by atoms with Crippen LogP contribution in [0.15, 0.2) is 48.5 Å². The normalized spacial score (nSPS) is 15.3. The topological polar surface area (TPSA) is 57.7 Å². The number of aryl methyl sites for hydroxylation is 2. The lowest BCUT2D eigenvalue weighted by molar-refractivity contribution is -0.119. The molecule has 2 aromatic rings. The van der Waals surface area contributed by atoms with Gasteiger partial charge in [-0.25, -0.2) is 8.42 Å². The second-order valence-corrected chi connectivity index (χ2v) is 8.66. The number of hydrogen-bond acceptors (Lipinski definition) is 3. The van der Waals surface area contributed by atoms with Crippen molar-refractivity contribution in [1.82, 2.24) is 0 Å². The number of anilines is 2. The molecule has 1 atom stereocenters. The van der Waals surface area contributed by atoms with Crippen LogP contribution in [-0.4, -0.2) is 33.2 Å². The molecule has 5 nitrogen and oxygen atoms in total. The van der Waals surface area contributed by atoms with E-state index in [1.165, 1.54) is 4.31 Å². The molecule has 2 aromatic carbocycles. The Bertz CT molecular complexity index is 924. The van der Waals surface area contributed by atoms with Gasteiger partial charge in [-0.15, -0.1) is 0 Å². The van der Waals surface area contributed by atoms with Crippen LogP contribution >= 0.6 is 0 Å². The molecule has 0 saturated carbocycles. The molecule has 0 N–H and O–H groups in total. The highest BCUT2D eigenvalue weighted by molar-refractivity contribution is 7.92. The highest BCUT2D eigenvalue weighted by Gasteiger charge is 2.34. The number of carbonyl (C=O) groups excluding carboxylic acids is 1. The molecule has 0 saturated heterocycles. The van der Waals surface area contributed by atoms with Gasteiger partial charge in [-0.05, 0) is 56.0 Å². The van der Waals surface area contributed by atoms with Gasteiger partial charge in [-0.1, -0.05) is 30.3 Å². The molecule has 1 amide bonds. The Hall–Kier alpha value is -2.34. The largest absolute Gasteiger partial charge is 0.310 e. The zero-order chi connectivity index (χ0) is 18.9. The van der Waals surface area contributed by atoms with Gasteiger partial charge in [0.1, 0.15) is 6.04 Å². The predicted molar refractivity (Wildman–Crippen MR) is 105 cm³/mol. The maximum atomic E-state index is 13.2. The van der Waals surface area contributed by atoms with Crippen LogP contribution in [0.4, 0.5) is 11.4 Å². The van der Waals surface area contributed by atoms with Crippen LogP contribution in [0.5, 0.6) is 0 Å². The Morgan fingerprint density at radius 1 is 1.15 bits per heavy atom. The van der Waals surface area contributed by atoms with Gasteiger partial charge in [-0.3, -0.25) is 9.10 Å². The van der Waals surface area contributed by atoms with E-state index >= 15 is 0 Å². The number of rotatable bonds is 4. The summed E-state index contributed by atoms with van der Waals surface area (Å²) < 4.78 is 26.2. The molecular formula is C20H24N2O3S. The lowest BCUT2D eigenvalue weighted by Crippen LogP contribution is -2.50. The minimum atomic E-state index is -3.61. The maximum Gasteiger partial charge on any atom is 0.250 e. The first kappa shape index (κ1) is 18.5. The number of amides is 1. The van der Waals surface area contributed by atoms with Crippen molar-refractivity contribution in [2.24, 2.45) is 0 Å². The molecule has 0 spiro atoms. The summed E-state index contributed by atoms with van der Waals surface area (Å²) in [6.45, 7) is 4.16. The van der Waals surface area contributed by atoms with Crippen LogP contribution in [-0.2, 0) is 21.2 Å². The molecule has 6 heteroatoms. The van der Waals surface area contributed by atoms with Crippen molar-refractivity contribution < 1.29 is 13.2 Å². The summed E-state index contributed by atoms with van der Waals surface area (Å²) in [6.07, 6.45) is 2.95. The maximum absolute atomic E-state index is 13.2. The first-order valence-corrected chi connectivity index (χ1v) is 10.6. The molecule has 0 fully saturated rings. The van der Waals surface area contributed by atoms with E-state index in [1.54, 1.807) is 30.0 Å². The molecule has 3 rings (SSSR count). The number of hydrogen-bond donors (Lipinski definition) is 0. The molecule has 138 valence electrons. The molecule has 1 aliphatic heterocycles. The summed E-state index contributed by atoms with van der Waals surface area (Å²) in [5, 5.41) is 0. The zero-order valence-corrected chi connectivity index (χ0v) is 16.2. The number of sulfonamides is 1. The molecule has 26 heavy (non-hydrogen) atoms. The number of para-hydroxylation sites is 1. The first-order chi connectivity index (χ1) is 12.3. The van der Waals surface area contributed by atoms with E-state index in [0.29, 0.717) is 12.2 Å². The van der Waals surface area contributed by atoms with E-state index in [9.17, 15) is 13.2 Å². The third kappa shape index (κ3) is 3.60. The van der Waals surface area contributed by atoms with E-state index in [-0.39, 0.29) is 5.91 Å². The molecule has 1 aliphatic rings. The molecule has 0 aliphatic carbocycles. The summed E-state index contributed by atoms with van der Waals surface area (Å²) in [5.41, 5.74) is 3.46. The van der Waals surface area contributed by atoms with Crippen LogP contribution < -0.4 is 9.21 Å². The second kappa shape index (κ2) is 7.11. The summed E-state index contributed by atoms with van der Waals surface area (Å²) in [5.74, 6) is -0.205. The minimum absolute atomic E-state index is 0.205. The number of nitrogens with zero attached hydrogens (tertiary/aromatic N) is 2. The third-order valence-corrected chi connectivity index (χ3v) is 5.94. The van der Waals surface area contributed by atoms with Gasteiger partial charge in [0.05, 0.1) is 11.9 Å². The van der Waals surface area contributed by atoms with Gasteiger partial charge in [0, 0.05) is 12.2 Å². The first-order valence-electron chi connectivity index (χ1n) is 8.74. The Kier molecular flexibility index (Phi) is 5.05. The van der Waals surface area contributed by atoms with E-state index in [4.69, 9.17) is 0 Å². The molecule has 0 aromatic heterocycles. The van der Waals surface area contributed by atoms with Gasteiger partial charge in [0.2, 0.25) is 10.0 Å². The summed E-state index contributed by atoms with van der Waals surface area (Å²) in [6, 6.07) is 14.2. The fourth-order valence-corrected chi connectivity index (χ4v) is 4.72. The van der Waals surface area contributed by atoms with Crippen LogP contribution in [0.3, 0.4) is 0 Å². The number of fused-ring (bicyclic) bond motifs is 1. The van der Waals surface area contributed by atoms with Crippen molar-refractivity contribution in [1.29, 1.82) is 0 Å². The average Bonchev–Trinajstić information content (AvgIpc) is 2.59. The highest BCUT2D eigenvalue weighted by atomic mass is 32.2. The summed E-state index contributed by atoms with van der Waals surface area (Å²) >= 11 is 0. The Morgan fingerprint density at radius 3 is 2.58 bits per heavy atom. The second-order valence-electron chi connectivity index (χ2n) is 6.80. The monoisotopic (exact) mass is 372 g/mol. The van der Waals surface area contributed by atoms with Crippen molar-refractivity contribution in [2.45, 2.75) is 32.7 Å². The molecular weight excluding hydrogens is 348 g/mol. The van der Waals surface area contributed by atoms with Crippen molar-refractivity contribution in [3.8, 4) is 0 Å². The Balaban J connectivity index is 1.98. The summed E-state index contributed by atoms with van der Waals surface area (Å²) in [7, 11) is -3.61. The standard InChI is InChI=1S/C20H24N2O3S/c1-15-8-6-11-18(14-15)22(26(3,24)25)16(2)20(23)21-13-7-10-17-9-4-5-12-19(17)21/h4-6,8-9,11-12,14,16H,7,10,13H2,1-3H3/t16-/m1/s1. The van der Waals surface area contributed by atoms with E-state index in [1.807, 2.05) is 37.3 Å². The average molecular weight is 372 g/mol. The Labute approximate surface area is 155 Å². The van der Waals surface area contributed by atoms with Crippen LogP contribution in [0, 0.1) is 6.92 Å². The van der Waals surface area contributed by atoms with Crippen molar-refractivity contribution in [3.63, 3.8) is 0 Å². The molecule has 0 unspecified atom stereocenters. The van der Waals surface area contributed by atoms with Crippen LogP contribution in [0.2, 0.25) is 0 Å². The molecule has 1 heterocycles. The summed E-state index contributed by atoms with van der Waals surface area (Å²) in [4.78, 5) is 14.9.